The summed E-state index contributed by atoms with van der Waals surface area (Å²) in [5.74, 6) is 0.466. The van der Waals surface area contributed by atoms with Gasteiger partial charge >= 0.3 is 11.9 Å². The zero-order valence-corrected chi connectivity index (χ0v) is 22.4. The number of esters is 2. The largest absolute Gasteiger partial charge is 0.495 e. The van der Waals surface area contributed by atoms with Crippen molar-refractivity contribution in [1.82, 2.24) is 14.5 Å². The number of rotatable bonds is 8. The molecule has 9 nitrogen and oxygen atoms in total. The van der Waals surface area contributed by atoms with Crippen molar-refractivity contribution in [3.8, 4) is 11.4 Å². The molecule has 1 aliphatic heterocycles. The van der Waals surface area contributed by atoms with E-state index in [0.29, 0.717) is 42.2 Å². The predicted molar refractivity (Wildman–Crippen MR) is 141 cm³/mol. The van der Waals surface area contributed by atoms with E-state index < -0.39 is 23.6 Å². The number of nitrogens with zero attached hydrogens (tertiary/aromatic N) is 4. The summed E-state index contributed by atoms with van der Waals surface area (Å²) >= 11 is 0. The molecular weight excluding hydrogens is 484 g/mol. The minimum atomic E-state index is -1.15. The van der Waals surface area contributed by atoms with E-state index in [1.165, 1.54) is 0 Å². The fourth-order valence-corrected chi connectivity index (χ4v) is 4.78. The van der Waals surface area contributed by atoms with Gasteiger partial charge in [0, 0.05) is 42.9 Å². The summed E-state index contributed by atoms with van der Waals surface area (Å²) in [6.45, 7) is 7.54. The summed E-state index contributed by atoms with van der Waals surface area (Å²) in [5, 5.41) is 0. The maximum atomic E-state index is 12.9. The molecule has 0 spiro atoms. The molecule has 1 saturated carbocycles. The lowest BCUT2D eigenvalue weighted by molar-refractivity contribution is -0.174. The lowest BCUT2D eigenvalue weighted by Gasteiger charge is -2.19. The predicted octanol–water partition coefficient (Wildman–Crippen LogP) is 4.59. The second kappa shape index (κ2) is 10.0. The fourth-order valence-electron chi connectivity index (χ4n) is 4.78. The van der Waals surface area contributed by atoms with Crippen LogP contribution in [0, 0.1) is 13.8 Å². The number of carbonyl (C=O) groups is 2. The molecule has 0 unspecified atom stereocenters. The van der Waals surface area contributed by atoms with Gasteiger partial charge in [0.15, 0.2) is 0 Å². The van der Waals surface area contributed by atoms with Gasteiger partial charge in [-0.15, -0.1) is 0 Å². The summed E-state index contributed by atoms with van der Waals surface area (Å²) in [7, 11) is 1.65. The summed E-state index contributed by atoms with van der Waals surface area (Å²) in [5.41, 5.74) is 3.92. The Morgan fingerprint density at radius 3 is 2.61 bits per heavy atom. The third-order valence-electron chi connectivity index (χ3n) is 6.72. The summed E-state index contributed by atoms with van der Waals surface area (Å²) in [6.07, 6.45) is 4.63. The van der Waals surface area contributed by atoms with E-state index >= 15 is 0 Å². The first kappa shape index (κ1) is 25.6. The minimum Gasteiger partial charge on any atom is -0.495 e. The SMILES string of the molecule is COc1cc(C)cc2c1-n1c(C)cnc1[C@H](CCC(=O)OC1(C(=O)OC(C)C)CC1)N=C2c1ccccn1. The number of fused-ring (bicyclic) bond motifs is 3. The number of aryl methyl sites for hydroxylation is 2. The molecule has 38 heavy (non-hydrogen) atoms. The third kappa shape index (κ3) is 4.80. The van der Waals surface area contributed by atoms with Crippen LogP contribution >= 0.6 is 0 Å². The van der Waals surface area contributed by atoms with Crippen LogP contribution in [0.1, 0.15) is 73.9 Å². The maximum Gasteiger partial charge on any atom is 0.350 e. The molecule has 1 fully saturated rings. The summed E-state index contributed by atoms with van der Waals surface area (Å²) in [4.78, 5) is 39.8. The molecule has 3 aromatic rings. The number of aromatic nitrogens is 3. The molecule has 0 amide bonds. The Labute approximate surface area is 221 Å². The van der Waals surface area contributed by atoms with Crippen LogP contribution in [-0.2, 0) is 19.1 Å². The molecule has 1 atom stereocenters. The highest BCUT2D eigenvalue weighted by molar-refractivity contribution is 6.15. The van der Waals surface area contributed by atoms with Crippen LogP contribution in [0.15, 0.2) is 47.7 Å². The summed E-state index contributed by atoms with van der Waals surface area (Å²) < 4.78 is 18.8. The molecule has 2 aromatic heterocycles. The lowest BCUT2D eigenvalue weighted by atomic mass is 10.0. The number of benzene rings is 1. The Hall–Kier alpha value is -4.01. The number of carbonyl (C=O) groups excluding carboxylic acids is 2. The van der Waals surface area contributed by atoms with Crippen LogP contribution < -0.4 is 4.74 Å². The van der Waals surface area contributed by atoms with E-state index in [9.17, 15) is 9.59 Å². The number of methoxy groups -OCH3 is 1. The molecule has 2 aliphatic rings. The van der Waals surface area contributed by atoms with Crippen molar-refractivity contribution < 1.29 is 23.8 Å². The highest BCUT2D eigenvalue weighted by atomic mass is 16.6. The molecule has 9 heteroatoms. The average Bonchev–Trinajstić information content (AvgIpc) is 3.60. The zero-order chi connectivity index (χ0) is 27.0. The van der Waals surface area contributed by atoms with Crippen molar-refractivity contribution in [3.05, 3.63) is 71.1 Å². The van der Waals surface area contributed by atoms with Crippen LogP contribution in [0.4, 0.5) is 0 Å². The first-order valence-electron chi connectivity index (χ1n) is 12.9. The molecule has 3 heterocycles. The van der Waals surface area contributed by atoms with Crippen LogP contribution in [0.5, 0.6) is 5.75 Å². The van der Waals surface area contributed by atoms with Gasteiger partial charge in [0.1, 0.15) is 17.6 Å². The summed E-state index contributed by atoms with van der Waals surface area (Å²) in [6, 6.07) is 9.30. The number of aliphatic imine (C=N–C) groups is 1. The van der Waals surface area contributed by atoms with E-state index in [1.807, 2.05) is 42.7 Å². The van der Waals surface area contributed by atoms with Gasteiger partial charge in [0.2, 0.25) is 5.60 Å². The van der Waals surface area contributed by atoms with Crippen molar-refractivity contribution in [3.63, 3.8) is 0 Å². The molecule has 1 aromatic carbocycles. The Morgan fingerprint density at radius 2 is 1.95 bits per heavy atom. The van der Waals surface area contributed by atoms with Gasteiger partial charge in [-0.3, -0.25) is 19.3 Å². The van der Waals surface area contributed by atoms with E-state index in [2.05, 4.69) is 11.1 Å². The molecule has 5 rings (SSSR count). The topological polar surface area (TPSA) is 105 Å². The van der Waals surface area contributed by atoms with E-state index in [4.69, 9.17) is 24.2 Å². The smallest absolute Gasteiger partial charge is 0.350 e. The second-order valence-corrected chi connectivity index (χ2v) is 10.1. The number of imidazole rings is 1. The first-order chi connectivity index (χ1) is 18.2. The van der Waals surface area contributed by atoms with Gasteiger partial charge in [-0.05, 0) is 63.9 Å². The molecule has 0 radical (unpaired) electrons. The number of hydrogen-bond acceptors (Lipinski definition) is 8. The molecule has 0 N–H and O–H groups in total. The normalized spacial score (nSPS) is 17.1. The monoisotopic (exact) mass is 516 g/mol. The number of hydrogen-bond donors (Lipinski definition) is 0. The van der Waals surface area contributed by atoms with Gasteiger partial charge < -0.3 is 14.2 Å². The maximum absolute atomic E-state index is 12.9. The van der Waals surface area contributed by atoms with Gasteiger partial charge in [-0.25, -0.2) is 9.78 Å². The van der Waals surface area contributed by atoms with Crippen LogP contribution in [0.2, 0.25) is 0 Å². The Morgan fingerprint density at radius 1 is 1.16 bits per heavy atom. The quantitative estimate of drug-likeness (QED) is 0.403. The molecule has 0 saturated heterocycles. The van der Waals surface area contributed by atoms with Crippen LogP contribution in [0.25, 0.3) is 5.69 Å². The standard InChI is InChI=1S/C29H32N4O5/c1-17(2)37-28(35)29(11-12-29)38-24(34)10-9-22-27-31-16-19(4)33(27)26-20(14-18(3)15-23(26)36-5)25(32-22)21-8-6-7-13-30-21/h6-8,13-17,22H,9-12H2,1-5H3/t22-/m0/s1. The van der Waals surface area contributed by atoms with Crippen molar-refractivity contribution in [2.45, 2.75) is 71.1 Å². The number of pyridine rings is 1. The fraction of sp³-hybridized carbons (Fsp3) is 0.414. The Balaban J connectivity index is 1.50. The van der Waals surface area contributed by atoms with Crippen molar-refractivity contribution in [1.29, 1.82) is 0 Å². The van der Waals surface area contributed by atoms with Crippen LogP contribution in [-0.4, -0.2) is 51.0 Å². The van der Waals surface area contributed by atoms with E-state index in [1.54, 1.807) is 33.4 Å². The minimum absolute atomic E-state index is 0.0682. The second-order valence-electron chi connectivity index (χ2n) is 10.1. The van der Waals surface area contributed by atoms with E-state index in [-0.39, 0.29) is 12.5 Å². The lowest BCUT2D eigenvalue weighted by Crippen LogP contribution is -2.33. The average molecular weight is 517 g/mol. The van der Waals surface area contributed by atoms with Gasteiger partial charge in [-0.1, -0.05) is 6.07 Å². The Kier molecular flexibility index (Phi) is 6.77. The first-order valence-corrected chi connectivity index (χ1v) is 12.9. The highest BCUT2D eigenvalue weighted by Crippen LogP contribution is 2.42. The number of ether oxygens (including phenoxy) is 3. The molecule has 1 aliphatic carbocycles. The van der Waals surface area contributed by atoms with Gasteiger partial charge in [0.25, 0.3) is 0 Å². The van der Waals surface area contributed by atoms with Crippen molar-refractivity contribution in [2.75, 3.05) is 7.11 Å². The van der Waals surface area contributed by atoms with Gasteiger partial charge in [0.05, 0.1) is 30.3 Å². The third-order valence-corrected chi connectivity index (χ3v) is 6.72. The molecule has 198 valence electrons. The van der Waals surface area contributed by atoms with Crippen molar-refractivity contribution in [2.24, 2.45) is 4.99 Å². The molecule has 0 bridgehead atoms. The van der Waals surface area contributed by atoms with Crippen LogP contribution in [0.3, 0.4) is 0 Å². The van der Waals surface area contributed by atoms with Crippen molar-refractivity contribution >= 4 is 17.7 Å². The van der Waals surface area contributed by atoms with E-state index in [0.717, 1.165) is 22.5 Å². The van der Waals surface area contributed by atoms with Gasteiger partial charge in [-0.2, -0.15) is 0 Å². The zero-order valence-electron chi connectivity index (χ0n) is 22.4. The highest BCUT2D eigenvalue weighted by Gasteiger charge is 2.56. The Bertz CT molecular complexity index is 1410. The molecular formula is C29H32N4O5.